The molecule has 0 radical (unpaired) electrons. The highest BCUT2D eigenvalue weighted by Crippen LogP contribution is 2.16. The largest absolute Gasteiger partial charge is 0.489 e. The average Bonchev–Trinajstić information content (AvgIpc) is 2.62. The maximum atomic E-state index is 12.2. The van der Waals surface area contributed by atoms with E-state index in [0.717, 1.165) is 5.56 Å². The smallest absolute Gasteiger partial charge is 0.255 e. The third-order valence-corrected chi connectivity index (χ3v) is 3.26. The van der Waals surface area contributed by atoms with Gasteiger partial charge in [0.15, 0.2) is 0 Å². The van der Waals surface area contributed by atoms with Crippen molar-refractivity contribution in [3.05, 3.63) is 90.3 Å². The highest BCUT2D eigenvalue weighted by Gasteiger charge is 2.07. The van der Waals surface area contributed by atoms with Crippen molar-refractivity contribution in [1.29, 1.82) is 0 Å². The second kappa shape index (κ2) is 7.22. The second-order valence-corrected chi connectivity index (χ2v) is 5.00. The summed E-state index contributed by atoms with van der Waals surface area (Å²) in [4.78, 5) is 16.2. The van der Waals surface area contributed by atoms with E-state index in [1.165, 1.54) is 0 Å². The molecule has 0 fully saturated rings. The van der Waals surface area contributed by atoms with Crippen LogP contribution in [0.3, 0.4) is 0 Å². The van der Waals surface area contributed by atoms with Crippen molar-refractivity contribution in [1.82, 2.24) is 4.98 Å². The lowest BCUT2D eigenvalue weighted by molar-refractivity contribution is 0.102. The molecule has 2 aromatic carbocycles. The van der Waals surface area contributed by atoms with E-state index in [2.05, 4.69) is 10.3 Å². The Kier molecular flexibility index (Phi) is 4.64. The number of aromatic nitrogens is 1. The number of ether oxygens (including phenoxy) is 1. The van der Waals surface area contributed by atoms with Crippen LogP contribution in [0, 0.1) is 0 Å². The van der Waals surface area contributed by atoms with Crippen molar-refractivity contribution in [2.75, 3.05) is 5.32 Å². The molecule has 0 unspecified atom stereocenters. The highest BCUT2D eigenvalue weighted by molar-refractivity contribution is 6.04. The molecule has 1 aromatic heterocycles. The van der Waals surface area contributed by atoms with Crippen LogP contribution >= 0.6 is 0 Å². The first-order valence-electron chi connectivity index (χ1n) is 7.29. The zero-order chi connectivity index (χ0) is 15.9. The Morgan fingerprint density at radius 2 is 1.87 bits per heavy atom. The lowest BCUT2D eigenvalue weighted by Gasteiger charge is -2.09. The molecule has 3 aromatic rings. The van der Waals surface area contributed by atoms with Crippen LogP contribution in [-0.4, -0.2) is 10.9 Å². The van der Waals surface area contributed by atoms with Gasteiger partial charge in [-0.3, -0.25) is 9.78 Å². The molecule has 114 valence electrons. The fourth-order valence-electron chi connectivity index (χ4n) is 2.11. The Labute approximate surface area is 134 Å². The number of rotatable bonds is 5. The summed E-state index contributed by atoms with van der Waals surface area (Å²) in [6, 6.07) is 20.6. The summed E-state index contributed by atoms with van der Waals surface area (Å²) in [5, 5.41) is 2.80. The van der Waals surface area contributed by atoms with Crippen LogP contribution in [0.25, 0.3) is 0 Å². The monoisotopic (exact) mass is 304 g/mol. The van der Waals surface area contributed by atoms with E-state index < -0.39 is 0 Å². The van der Waals surface area contributed by atoms with Crippen molar-refractivity contribution < 1.29 is 9.53 Å². The topological polar surface area (TPSA) is 51.2 Å². The highest BCUT2D eigenvalue weighted by atomic mass is 16.5. The maximum Gasteiger partial charge on any atom is 0.255 e. The predicted molar refractivity (Wildman–Crippen MR) is 89.4 cm³/mol. The van der Waals surface area contributed by atoms with Gasteiger partial charge in [-0.25, -0.2) is 0 Å². The number of anilines is 1. The Morgan fingerprint density at radius 1 is 1.00 bits per heavy atom. The van der Waals surface area contributed by atoms with E-state index in [4.69, 9.17) is 4.74 Å². The molecule has 0 bridgehead atoms. The molecule has 1 heterocycles. The predicted octanol–water partition coefficient (Wildman–Crippen LogP) is 3.91. The van der Waals surface area contributed by atoms with Gasteiger partial charge in [0.25, 0.3) is 5.91 Å². The molecule has 0 saturated carbocycles. The van der Waals surface area contributed by atoms with Gasteiger partial charge in [-0.1, -0.05) is 36.4 Å². The summed E-state index contributed by atoms with van der Waals surface area (Å²) < 4.78 is 5.74. The molecule has 0 aliphatic rings. The molecular formula is C19H16N2O2. The summed E-state index contributed by atoms with van der Waals surface area (Å²) in [5.41, 5.74) is 2.28. The standard InChI is InChI=1S/C19H16N2O2/c22-19(21-17-9-5-11-20-13-17)16-8-4-10-18(12-16)23-14-15-6-2-1-3-7-15/h1-13H,14H2,(H,21,22). The van der Waals surface area contributed by atoms with Crippen LogP contribution in [0.15, 0.2) is 79.1 Å². The van der Waals surface area contributed by atoms with Crippen LogP contribution in [-0.2, 0) is 6.61 Å². The summed E-state index contributed by atoms with van der Waals surface area (Å²) in [6.45, 7) is 0.467. The molecule has 4 nitrogen and oxygen atoms in total. The first-order valence-corrected chi connectivity index (χ1v) is 7.29. The summed E-state index contributed by atoms with van der Waals surface area (Å²) >= 11 is 0. The summed E-state index contributed by atoms with van der Waals surface area (Å²) in [5.74, 6) is 0.468. The molecule has 3 rings (SSSR count). The van der Waals surface area contributed by atoms with Gasteiger partial charge >= 0.3 is 0 Å². The molecule has 1 amide bonds. The Hall–Kier alpha value is -3.14. The lowest BCUT2D eigenvalue weighted by Crippen LogP contribution is -2.12. The molecule has 23 heavy (non-hydrogen) atoms. The van der Waals surface area contributed by atoms with E-state index in [-0.39, 0.29) is 5.91 Å². The van der Waals surface area contributed by atoms with E-state index in [0.29, 0.717) is 23.6 Å². The van der Waals surface area contributed by atoms with E-state index in [1.807, 2.05) is 36.4 Å². The maximum absolute atomic E-state index is 12.2. The van der Waals surface area contributed by atoms with Gasteiger partial charge in [-0.05, 0) is 35.9 Å². The van der Waals surface area contributed by atoms with Crippen molar-refractivity contribution in [3.63, 3.8) is 0 Å². The Balaban J connectivity index is 1.66. The van der Waals surface area contributed by atoms with Crippen molar-refractivity contribution >= 4 is 11.6 Å². The fraction of sp³-hybridized carbons (Fsp3) is 0.0526. The van der Waals surface area contributed by atoms with Gasteiger partial charge in [-0.2, -0.15) is 0 Å². The third kappa shape index (κ3) is 4.17. The summed E-state index contributed by atoms with van der Waals surface area (Å²) in [6.07, 6.45) is 3.27. The van der Waals surface area contributed by atoms with Crippen molar-refractivity contribution in [2.45, 2.75) is 6.61 Å². The number of nitrogens with zero attached hydrogens (tertiary/aromatic N) is 1. The number of hydrogen-bond donors (Lipinski definition) is 1. The van der Waals surface area contributed by atoms with Gasteiger partial charge in [0.1, 0.15) is 12.4 Å². The Bertz CT molecular complexity index is 774. The zero-order valence-corrected chi connectivity index (χ0v) is 12.5. The number of amides is 1. The molecule has 0 atom stereocenters. The minimum atomic E-state index is -0.192. The lowest BCUT2D eigenvalue weighted by atomic mass is 10.2. The van der Waals surface area contributed by atoms with E-state index in [1.54, 1.807) is 42.7 Å². The molecule has 0 aliphatic heterocycles. The molecule has 4 heteroatoms. The first-order chi connectivity index (χ1) is 11.3. The minimum absolute atomic E-state index is 0.192. The van der Waals surface area contributed by atoms with Gasteiger partial charge in [0.05, 0.1) is 11.9 Å². The minimum Gasteiger partial charge on any atom is -0.489 e. The molecule has 1 N–H and O–H groups in total. The van der Waals surface area contributed by atoms with Gasteiger partial charge in [0.2, 0.25) is 0 Å². The van der Waals surface area contributed by atoms with Gasteiger partial charge in [-0.15, -0.1) is 0 Å². The number of pyridine rings is 1. The molecule has 0 spiro atoms. The molecular weight excluding hydrogens is 288 g/mol. The third-order valence-electron chi connectivity index (χ3n) is 3.26. The van der Waals surface area contributed by atoms with Gasteiger partial charge in [0, 0.05) is 11.8 Å². The number of hydrogen-bond acceptors (Lipinski definition) is 3. The van der Waals surface area contributed by atoms with Crippen LogP contribution in [0.1, 0.15) is 15.9 Å². The normalized spacial score (nSPS) is 10.1. The fourth-order valence-corrected chi connectivity index (χ4v) is 2.11. The van der Waals surface area contributed by atoms with Crippen LogP contribution in [0.4, 0.5) is 5.69 Å². The number of benzene rings is 2. The molecule has 0 saturated heterocycles. The number of carbonyl (C=O) groups is 1. The first kappa shape index (κ1) is 14.8. The van der Waals surface area contributed by atoms with Crippen molar-refractivity contribution in [2.24, 2.45) is 0 Å². The van der Waals surface area contributed by atoms with Crippen LogP contribution < -0.4 is 10.1 Å². The van der Waals surface area contributed by atoms with E-state index in [9.17, 15) is 4.79 Å². The van der Waals surface area contributed by atoms with E-state index >= 15 is 0 Å². The summed E-state index contributed by atoms with van der Waals surface area (Å²) in [7, 11) is 0. The van der Waals surface area contributed by atoms with Gasteiger partial charge < -0.3 is 10.1 Å². The second-order valence-electron chi connectivity index (χ2n) is 5.00. The molecule has 0 aliphatic carbocycles. The number of nitrogens with one attached hydrogen (secondary N) is 1. The average molecular weight is 304 g/mol. The zero-order valence-electron chi connectivity index (χ0n) is 12.5. The quantitative estimate of drug-likeness (QED) is 0.777. The Morgan fingerprint density at radius 3 is 2.65 bits per heavy atom. The van der Waals surface area contributed by atoms with Crippen LogP contribution in [0.2, 0.25) is 0 Å². The van der Waals surface area contributed by atoms with Crippen LogP contribution in [0.5, 0.6) is 5.75 Å². The SMILES string of the molecule is O=C(Nc1cccnc1)c1cccc(OCc2ccccc2)c1. The number of carbonyl (C=O) groups excluding carboxylic acids is 1. The van der Waals surface area contributed by atoms with Crippen molar-refractivity contribution in [3.8, 4) is 5.75 Å².